The van der Waals surface area contributed by atoms with Crippen LogP contribution in [-0.4, -0.2) is 83.2 Å². The van der Waals surface area contributed by atoms with Crippen molar-refractivity contribution in [3.63, 3.8) is 0 Å². The molecule has 0 aliphatic carbocycles. The Kier molecular flexibility index (Phi) is 13.6. The predicted octanol–water partition coefficient (Wildman–Crippen LogP) is 5.48. The van der Waals surface area contributed by atoms with Gasteiger partial charge in [-0.1, -0.05) is 71.3 Å². The topological polar surface area (TPSA) is 117 Å². The van der Waals surface area contributed by atoms with Crippen molar-refractivity contribution < 1.29 is 25.3 Å². The van der Waals surface area contributed by atoms with E-state index in [0.29, 0.717) is 18.9 Å². The highest BCUT2D eigenvalue weighted by Crippen LogP contribution is 2.28. The van der Waals surface area contributed by atoms with Crippen molar-refractivity contribution in [2.45, 2.75) is 97.7 Å². The average molecular weight is 655 g/mol. The number of thiazole rings is 1. The van der Waals surface area contributed by atoms with Gasteiger partial charge < -0.3 is 15.0 Å². The van der Waals surface area contributed by atoms with Gasteiger partial charge >= 0.3 is 0 Å². The van der Waals surface area contributed by atoms with E-state index in [4.69, 9.17) is 1.37 Å². The first-order valence-corrected chi connectivity index (χ1v) is 17.4. The third-order valence-electron chi connectivity index (χ3n) is 9.44. The highest BCUT2D eigenvalue weighted by Gasteiger charge is 2.37. The molecule has 1 aliphatic rings. The number of likely N-dealkylation sites (tertiary alicyclic amines) is 1. The Balaban J connectivity index is 1.70. The van der Waals surface area contributed by atoms with Crippen LogP contribution in [0.4, 0.5) is 0 Å². The molecule has 46 heavy (non-hydrogen) atoms. The van der Waals surface area contributed by atoms with Crippen LogP contribution in [0.3, 0.4) is 0 Å². The van der Waals surface area contributed by atoms with Crippen LogP contribution < -0.4 is 5.32 Å². The summed E-state index contributed by atoms with van der Waals surface area (Å²) in [6.45, 7) is 10.7. The summed E-state index contributed by atoms with van der Waals surface area (Å²) >= 11 is 1.10. The lowest BCUT2D eigenvalue weighted by Crippen LogP contribution is -2.47. The predicted molar refractivity (Wildman–Crippen MR) is 182 cm³/mol. The zero-order chi connectivity index (χ0) is 34.8. The first-order chi connectivity index (χ1) is 22.2. The number of benzene rings is 1. The van der Waals surface area contributed by atoms with Crippen LogP contribution in [0.5, 0.6) is 0 Å². The maximum Gasteiger partial charge on any atom is 0.271 e. The zero-order valence-electron chi connectivity index (χ0n) is 29.5. The van der Waals surface area contributed by atoms with E-state index in [1.807, 2.05) is 46.9 Å². The molecule has 1 N–H and O–H groups in total. The van der Waals surface area contributed by atoms with Gasteiger partial charge in [0.05, 0.1) is 7.41 Å². The van der Waals surface area contributed by atoms with Gasteiger partial charge in [-0.25, -0.2) is 4.98 Å². The van der Waals surface area contributed by atoms with Gasteiger partial charge in [0.1, 0.15) is 12.0 Å². The summed E-state index contributed by atoms with van der Waals surface area (Å²) < 4.78 is 7.71. The molecule has 10 heteroatoms. The normalized spacial score (nSPS) is 18.7. The standard InChI is InChI=1S/C36H52N4O5S/c1-8-25(5)28(19-32(42)30-15-12-16-39(30)6)36(45)40(7)31(23(2)3)20-33(43)35-38-29(22-46-35)34(44)37-27(17-24(4)21-41)18-26-13-10-9-11-14-26/h9-11,13-14,21-25,27-28,30-31H,8,12,15-20H2,1-7H3,(H,37,44)/i9T. The van der Waals surface area contributed by atoms with E-state index >= 15 is 0 Å². The molecule has 0 radical (unpaired) electrons. The molecule has 6 unspecified atom stereocenters. The summed E-state index contributed by atoms with van der Waals surface area (Å²) in [4.78, 5) is 73.4. The van der Waals surface area contributed by atoms with Crippen molar-refractivity contribution in [3.05, 3.63) is 52.0 Å². The van der Waals surface area contributed by atoms with E-state index in [-0.39, 0.29) is 70.9 Å². The SMILES string of the molecule is [3H]c1ccc(CC(CC(C)C=O)NC(=O)c2csc(C(=O)CC(C(C)C)N(C)C(=O)C(CC(=O)C3CCCN3C)C(C)CC)n2)cc1. The number of aromatic nitrogens is 1. The number of nitrogens with one attached hydrogen (secondary N) is 1. The molecule has 1 saturated heterocycles. The Morgan fingerprint density at radius 2 is 1.87 bits per heavy atom. The fraction of sp³-hybridized carbons (Fsp3) is 0.611. The van der Waals surface area contributed by atoms with Crippen LogP contribution in [0.15, 0.2) is 35.7 Å². The minimum atomic E-state index is -0.460. The Morgan fingerprint density at radius 1 is 1.17 bits per heavy atom. The molecular weight excluding hydrogens is 600 g/mol. The number of rotatable bonds is 18. The summed E-state index contributed by atoms with van der Waals surface area (Å²) in [5.74, 6) is -1.44. The summed E-state index contributed by atoms with van der Waals surface area (Å²) in [5, 5.41) is 4.73. The first-order valence-electron chi connectivity index (χ1n) is 17.1. The van der Waals surface area contributed by atoms with Gasteiger partial charge in [-0.3, -0.25) is 24.1 Å². The molecule has 252 valence electrons. The van der Waals surface area contributed by atoms with Crippen molar-refractivity contribution in [3.8, 4) is 0 Å². The van der Waals surface area contributed by atoms with Gasteiger partial charge in [0, 0.05) is 49.2 Å². The second kappa shape index (κ2) is 17.6. The molecule has 0 bridgehead atoms. The first kappa shape index (κ1) is 35.6. The maximum atomic E-state index is 13.9. The molecule has 3 rings (SSSR count). The molecule has 2 aromatic rings. The number of nitrogens with zero attached hydrogens (tertiary/aromatic N) is 3. The van der Waals surface area contributed by atoms with Gasteiger partial charge in [0.2, 0.25) is 5.91 Å². The van der Waals surface area contributed by atoms with E-state index in [1.54, 1.807) is 36.4 Å². The number of carbonyl (C=O) groups excluding carboxylic acids is 5. The highest BCUT2D eigenvalue weighted by atomic mass is 32.1. The van der Waals surface area contributed by atoms with Crippen LogP contribution in [-0.2, 0) is 20.8 Å². The number of Topliss-reactive ketones (excluding diaryl/α,β-unsaturated/α-hetero) is 2. The number of ketones is 2. The Hall–Kier alpha value is -3.24. The lowest BCUT2D eigenvalue weighted by molar-refractivity contribution is -0.142. The Labute approximate surface area is 279 Å². The summed E-state index contributed by atoms with van der Waals surface area (Å²) in [5.41, 5.74) is 1.06. The van der Waals surface area contributed by atoms with E-state index in [2.05, 4.69) is 15.2 Å². The fourth-order valence-corrected chi connectivity index (χ4v) is 7.06. The molecule has 1 aromatic carbocycles. The summed E-state index contributed by atoms with van der Waals surface area (Å²) in [6.07, 6.45) is 4.58. The lowest BCUT2D eigenvalue weighted by Gasteiger charge is -2.35. The smallest absolute Gasteiger partial charge is 0.271 e. The average Bonchev–Trinajstić information content (AvgIpc) is 3.72. The van der Waals surface area contributed by atoms with Crippen LogP contribution in [0.2, 0.25) is 0 Å². The van der Waals surface area contributed by atoms with Gasteiger partial charge in [-0.2, -0.15) is 0 Å². The minimum Gasteiger partial charge on any atom is -0.348 e. The monoisotopic (exact) mass is 654 g/mol. The Bertz CT molecular complexity index is 1380. The van der Waals surface area contributed by atoms with Crippen LogP contribution in [0.1, 0.15) is 100 Å². The van der Waals surface area contributed by atoms with Crippen molar-refractivity contribution in [1.82, 2.24) is 20.1 Å². The highest BCUT2D eigenvalue weighted by molar-refractivity contribution is 7.11. The molecule has 6 atom stereocenters. The largest absolute Gasteiger partial charge is 0.348 e. The van der Waals surface area contributed by atoms with Crippen LogP contribution in [0, 0.1) is 23.7 Å². The van der Waals surface area contributed by atoms with E-state index in [1.165, 1.54) is 0 Å². The molecule has 0 saturated carbocycles. The number of likely N-dealkylation sites (N-methyl/N-ethyl adjacent to an activating group) is 1. The summed E-state index contributed by atoms with van der Waals surface area (Å²) in [7, 11) is 3.68. The number of hydrogen-bond donors (Lipinski definition) is 1. The molecule has 0 spiro atoms. The van der Waals surface area contributed by atoms with Gasteiger partial charge in [-0.05, 0) is 56.7 Å². The molecule has 1 aliphatic heterocycles. The van der Waals surface area contributed by atoms with Gasteiger partial charge in [0.15, 0.2) is 16.6 Å². The van der Waals surface area contributed by atoms with E-state index < -0.39 is 17.9 Å². The number of carbonyl (C=O) groups is 5. The van der Waals surface area contributed by atoms with Crippen molar-refractivity contribution in [2.24, 2.45) is 23.7 Å². The molecule has 1 fully saturated rings. The van der Waals surface area contributed by atoms with Crippen molar-refractivity contribution in [2.75, 3.05) is 20.6 Å². The second-order valence-electron chi connectivity index (χ2n) is 13.4. The minimum absolute atomic E-state index is 0.0135. The fourth-order valence-electron chi connectivity index (χ4n) is 6.31. The quantitative estimate of drug-likeness (QED) is 0.167. The molecule has 2 heterocycles. The molecular formula is C36H52N4O5S. The summed E-state index contributed by atoms with van der Waals surface area (Å²) in [6, 6.07) is 6.53. The number of hydrogen-bond acceptors (Lipinski definition) is 8. The lowest BCUT2D eigenvalue weighted by atomic mass is 9.84. The van der Waals surface area contributed by atoms with Crippen LogP contribution in [0.25, 0.3) is 0 Å². The van der Waals surface area contributed by atoms with E-state index in [9.17, 15) is 24.0 Å². The second-order valence-corrected chi connectivity index (χ2v) is 14.2. The van der Waals surface area contributed by atoms with Crippen LogP contribution >= 0.6 is 11.3 Å². The maximum absolute atomic E-state index is 13.9. The van der Waals surface area contributed by atoms with Crippen molar-refractivity contribution >= 4 is 41.0 Å². The number of aldehydes is 1. The molecule has 2 amide bonds. The van der Waals surface area contributed by atoms with Crippen molar-refractivity contribution in [1.29, 1.82) is 0 Å². The molecule has 1 aromatic heterocycles. The molecule has 9 nitrogen and oxygen atoms in total. The third kappa shape index (κ3) is 10.1. The number of amides is 2. The third-order valence-corrected chi connectivity index (χ3v) is 10.3. The van der Waals surface area contributed by atoms with E-state index in [0.717, 1.165) is 49.0 Å². The van der Waals surface area contributed by atoms with Gasteiger partial charge in [0.25, 0.3) is 5.91 Å². The van der Waals surface area contributed by atoms with Gasteiger partial charge in [-0.15, -0.1) is 11.3 Å². The Morgan fingerprint density at radius 3 is 2.46 bits per heavy atom. The zero-order valence-corrected chi connectivity index (χ0v) is 29.3.